The first-order valence-electron chi connectivity index (χ1n) is 11.8. The molecule has 0 aliphatic carbocycles. The summed E-state index contributed by atoms with van der Waals surface area (Å²) in [6, 6.07) is 21.1. The summed E-state index contributed by atoms with van der Waals surface area (Å²) >= 11 is 1.60. The van der Waals surface area contributed by atoms with Crippen molar-refractivity contribution in [2.45, 2.75) is 19.3 Å². The molecular formula is C28H30ClNO4S. The van der Waals surface area contributed by atoms with E-state index in [1.54, 1.807) is 35.5 Å². The molecule has 0 amide bonds. The molecular weight excluding hydrogens is 482 g/mol. The van der Waals surface area contributed by atoms with Crippen molar-refractivity contribution in [3.8, 4) is 39.2 Å². The van der Waals surface area contributed by atoms with E-state index in [1.165, 1.54) is 32.4 Å². The van der Waals surface area contributed by atoms with E-state index in [9.17, 15) is 5.11 Å². The topological polar surface area (TPSA) is 52.4 Å². The maximum Gasteiger partial charge on any atom is 0.153 e. The first-order valence-corrected chi connectivity index (χ1v) is 12.7. The summed E-state index contributed by atoms with van der Waals surface area (Å²) in [7, 11) is 1.66. The Morgan fingerprint density at radius 2 is 1.54 bits per heavy atom. The quantitative estimate of drug-likeness (QED) is 0.382. The van der Waals surface area contributed by atoms with Crippen molar-refractivity contribution in [2.24, 2.45) is 0 Å². The van der Waals surface area contributed by atoms with E-state index >= 15 is 0 Å². The highest BCUT2D eigenvalue weighted by molar-refractivity contribution is 7.22. The summed E-state index contributed by atoms with van der Waals surface area (Å²) < 4.78 is 18.7. The Labute approximate surface area is 216 Å². The van der Waals surface area contributed by atoms with Crippen LogP contribution in [0.5, 0.6) is 28.7 Å². The maximum atomic E-state index is 9.98. The van der Waals surface area contributed by atoms with Gasteiger partial charge in [-0.05, 0) is 91.6 Å². The summed E-state index contributed by atoms with van der Waals surface area (Å²) in [5, 5.41) is 10.9. The summed E-state index contributed by atoms with van der Waals surface area (Å²) in [5.41, 5.74) is 1.04. The van der Waals surface area contributed by atoms with Crippen LogP contribution in [0.4, 0.5) is 0 Å². The van der Waals surface area contributed by atoms with Gasteiger partial charge in [0, 0.05) is 10.1 Å². The lowest BCUT2D eigenvalue weighted by Gasteiger charge is -2.23. The summed E-state index contributed by atoms with van der Waals surface area (Å²) in [5.74, 6) is 3.44. The fourth-order valence-electron chi connectivity index (χ4n) is 4.43. The van der Waals surface area contributed by atoms with Crippen molar-refractivity contribution in [3.63, 3.8) is 0 Å². The number of hydrogen-bond donors (Lipinski definition) is 2. The summed E-state index contributed by atoms with van der Waals surface area (Å²) in [6.45, 7) is 4.31. The molecule has 1 fully saturated rings. The Morgan fingerprint density at radius 1 is 0.857 bits per heavy atom. The predicted molar refractivity (Wildman–Crippen MR) is 137 cm³/mol. The lowest BCUT2D eigenvalue weighted by molar-refractivity contribution is -0.904. The van der Waals surface area contributed by atoms with Crippen molar-refractivity contribution < 1.29 is 36.6 Å². The predicted octanol–water partition coefficient (Wildman–Crippen LogP) is 2.53. The fraction of sp³-hybridized carbons (Fsp3) is 0.286. The first-order chi connectivity index (χ1) is 16.7. The molecule has 0 spiro atoms. The molecule has 0 atom stereocenters. The zero-order valence-electron chi connectivity index (χ0n) is 19.8. The molecule has 5 rings (SSSR count). The number of hydrogen-bond acceptors (Lipinski definition) is 5. The Bertz CT molecular complexity index is 1230. The van der Waals surface area contributed by atoms with Gasteiger partial charge in [0.2, 0.25) is 0 Å². The van der Waals surface area contributed by atoms with Gasteiger partial charge in [0.25, 0.3) is 0 Å². The minimum absolute atomic E-state index is 0. The van der Waals surface area contributed by atoms with Crippen molar-refractivity contribution in [3.05, 3.63) is 66.7 Å². The highest BCUT2D eigenvalue weighted by Gasteiger charge is 2.17. The van der Waals surface area contributed by atoms with Crippen LogP contribution < -0.4 is 31.5 Å². The first kappa shape index (κ1) is 25.2. The zero-order chi connectivity index (χ0) is 23.3. The van der Waals surface area contributed by atoms with Crippen LogP contribution >= 0.6 is 11.3 Å². The second-order valence-corrected chi connectivity index (χ2v) is 9.70. The summed E-state index contributed by atoms with van der Waals surface area (Å²) in [6.07, 6.45) is 4.03. The van der Waals surface area contributed by atoms with Crippen molar-refractivity contribution in [2.75, 3.05) is 33.4 Å². The number of fused-ring (bicyclic) bond motifs is 1. The molecule has 0 bridgehead atoms. The molecule has 2 N–H and O–H groups in total. The third-order valence-electron chi connectivity index (χ3n) is 6.31. The van der Waals surface area contributed by atoms with E-state index in [2.05, 4.69) is 0 Å². The van der Waals surface area contributed by atoms with Gasteiger partial charge >= 0.3 is 0 Å². The number of nitrogens with one attached hydrogen (secondary N) is 1. The molecule has 2 heterocycles. The van der Waals surface area contributed by atoms with Gasteiger partial charge < -0.3 is 36.6 Å². The smallest absolute Gasteiger partial charge is 0.153 e. The lowest BCUT2D eigenvalue weighted by atomic mass is 10.1. The molecule has 0 radical (unpaired) electrons. The van der Waals surface area contributed by atoms with Crippen LogP contribution in [0.15, 0.2) is 66.7 Å². The number of quaternary nitrogens is 1. The number of piperidine rings is 1. The van der Waals surface area contributed by atoms with Crippen molar-refractivity contribution in [1.29, 1.82) is 0 Å². The van der Waals surface area contributed by atoms with Crippen LogP contribution in [-0.4, -0.2) is 38.5 Å². The van der Waals surface area contributed by atoms with Crippen molar-refractivity contribution in [1.82, 2.24) is 0 Å². The van der Waals surface area contributed by atoms with Gasteiger partial charge in [-0.15, -0.1) is 11.3 Å². The van der Waals surface area contributed by atoms with Crippen LogP contribution in [0.3, 0.4) is 0 Å². The van der Waals surface area contributed by atoms with Gasteiger partial charge in [-0.25, -0.2) is 0 Å². The van der Waals surface area contributed by atoms with Gasteiger partial charge in [0.15, 0.2) is 5.75 Å². The Balaban J connectivity index is 0.00000289. The Morgan fingerprint density at radius 3 is 2.26 bits per heavy atom. The van der Waals surface area contributed by atoms with Gasteiger partial charge in [0.1, 0.15) is 36.1 Å². The van der Waals surface area contributed by atoms with Gasteiger partial charge in [0.05, 0.1) is 25.1 Å². The third-order valence-corrected chi connectivity index (χ3v) is 7.49. The molecule has 7 heteroatoms. The van der Waals surface area contributed by atoms with E-state index in [4.69, 9.17) is 14.2 Å². The zero-order valence-corrected chi connectivity index (χ0v) is 21.3. The van der Waals surface area contributed by atoms with Crippen LogP contribution in [0.25, 0.3) is 20.5 Å². The Kier molecular flexibility index (Phi) is 8.39. The van der Waals surface area contributed by atoms with Crippen LogP contribution in [0.1, 0.15) is 19.3 Å². The average molecular weight is 512 g/mol. The van der Waals surface area contributed by atoms with E-state index in [-0.39, 0.29) is 18.2 Å². The van der Waals surface area contributed by atoms with Crippen LogP contribution in [0.2, 0.25) is 0 Å². The van der Waals surface area contributed by atoms with E-state index in [0.717, 1.165) is 56.7 Å². The number of phenols is 1. The van der Waals surface area contributed by atoms with E-state index < -0.39 is 0 Å². The number of thiophene rings is 1. The van der Waals surface area contributed by atoms with Gasteiger partial charge in [-0.1, -0.05) is 0 Å². The molecule has 0 unspecified atom stereocenters. The second-order valence-electron chi connectivity index (χ2n) is 8.65. The number of phenolic OH excluding ortho intramolecular Hbond substituents is 1. The molecule has 0 saturated carbocycles. The van der Waals surface area contributed by atoms with Gasteiger partial charge in [-0.2, -0.15) is 0 Å². The molecule has 1 aromatic heterocycles. The largest absolute Gasteiger partial charge is 1.00 e. The highest BCUT2D eigenvalue weighted by atomic mass is 35.5. The molecule has 3 aromatic carbocycles. The molecule has 1 aliphatic rings. The third kappa shape index (κ3) is 6.01. The second kappa shape index (κ2) is 11.7. The number of ether oxygens (including phenoxy) is 3. The number of aromatic hydroxyl groups is 1. The van der Waals surface area contributed by atoms with Crippen molar-refractivity contribution >= 4 is 21.4 Å². The fourth-order valence-corrected chi connectivity index (χ4v) is 5.60. The normalized spacial score (nSPS) is 13.9. The van der Waals surface area contributed by atoms with Gasteiger partial charge in [-0.3, -0.25) is 0 Å². The van der Waals surface area contributed by atoms with Crippen LogP contribution in [0, 0.1) is 0 Å². The minimum atomic E-state index is 0. The number of benzene rings is 3. The minimum Gasteiger partial charge on any atom is -1.00 e. The molecule has 5 nitrogen and oxygen atoms in total. The number of halogens is 1. The van der Waals surface area contributed by atoms with Crippen LogP contribution in [-0.2, 0) is 0 Å². The lowest BCUT2D eigenvalue weighted by Crippen LogP contribution is -3.13. The summed E-state index contributed by atoms with van der Waals surface area (Å²) in [4.78, 5) is 2.65. The molecule has 35 heavy (non-hydrogen) atoms. The molecule has 184 valence electrons. The van der Waals surface area contributed by atoms with E-state index in [0.29, 0.717) is 0 Å². The average Bonchev–Trinajstić information content (AvgIpc) is 3.23. The number of likely N-dealkylation sites (tertiary alicyclic amines) is 1. The highest BCUT2D eigenvalue weighted by Crippen LogP contribution is 2.47. The molecule has 1 aliphatic heterocycles. The Hall–Kier alpha value is -2.93. The monoisotopic (exact) mass is 511 g/mol. The maximum absolute atomic E-state index is 9.98. The standard InChI is InChI=1S/C28H29NO4S.ClH/c1-31-22-8-5-20(6-9-22)28-27(25-14-7-21(30)19-26(25)34-28)33-24-12-10-23(11-13-24)32-18-17-29-15-3-2-4-16-29;/h5-14,19,30H,2-4,15-18H2,1H3;1H. The van der Waals surface area contributed by atoms with E-state index in [1.807, 2.05) is 54.6 Å². The number of methoxy groups -OCH3 is 1. The molecule has 1 saturated heterocycles. The molecule has 4 aromatic rings. The number of rotatable bonds is 8. The SMILES string of the molecule is COc1ccc(-c2sc3cc(O)ccc3c2Oc2ccc(OCC[NH+]3CCCCC3)cc2)cc1.[Cl-].